The zero-order valence-electron chi connectivity index (χ0n) is 19.0. The normalized spacial score (nSPS) is 11.6. The summed E-state index contributed by atoms with van der Waals surface area (Å²) in [7, 11) is -0.790. The molecule has 0 bridgehead atoms. The molecule has 3 aromatic carbocycles. The van der Waals surface area contributed by atoms with Crippen LogP contribution in [0, 0.1) is 6.92 Å². The fourth-order valence-electron chi connectivity index (χ4n) is 3.61. The van der Waals surface area contributed by atoms with Crippen molar-refractivity contribution in [2.45, 2.75) is 18.4 Å². The first-order chi connectivity index (χ1) is 16.2. The van der Waals surface area contributed by atoms with Gasteiger partial charge in [0.2, 0.25) is 10.0 Å². The zero-order chi connectivity index (χ0) is 24.5. The van der Waals surface area contributed by atoms with E-state index in [1.807, 2.05) is 30.3 Å². The van der Waals surface area contributed by atoms with E-state index in [1.54, 1.807) is 43.3 Å². The van der Waals surface area contributed by atoms with Gasteiger partial charge in [-0.1, -0.05) is 54.6 Å². The summed E-state index contributed by atoms with van der Waals surface area (Å²) < 4.78 is 27.7. The smallest absolute Gasteiger partial charge is 0.276 e. The van der Waals surface area contributed by atoms with Crippen LogP contribution in [0.1, 0.15) is 21.6 Å². The molecule has 0 fully saturated rings. The molecule has 0 saturated heterocycles. The van der Waals surface area contributed by atoms with E-state index in [4.69, 9.17) is 0 Å². The number of carbonyl (C=O) groups is 1. The Morgan fingerprint density at radius 2 is 1.62 bits per heavy atom. The van der Waals surface area contributed by atoms with Crippen LogP contribution in [0.4, 0.5) is 5.69 Å². The van der Waals surface area contributed by atoms with Gasteiger partial charge in [-0.3, -0.25) is 9.59 Å². The Bertz CT molecular complexity index is 1540. The van der Waals surface area contributed by atoms with Crippen LogP contribution in [-0.4, -0.2) is 42.5 Å². The lowest BCUT2D eigenvalue weighted by Gasteiger charge is -2.15. The molecule has 1 heterocycles. The second-order valence-electron chi connectivity index (χ2n) is 8.06. The number of carbonyl (C=O) groups excluding carboxylic acids is 1. The van der Waals surface area contributed by atoms with Crippen LogP contribution in [0.25, 0.3) is 10.8 Å². The number of hydrogen-bond donors (Lipinski definition) is 1. The van der Waals surface area contributed by atoms with Crippen molar-refractivity contribution in [1.29, 1.82) is 0 Å². The van der Waals surface area contributed by atoms with E-state index in [2.05, 4.69) is 10.4 Å². The van der Waals surface area contributed by atoms with Crippen LogP contribution in [0.2, 0.25) is 0 Å². The lowest BCUT2D eigenvalue weighted by molar-refractivity contribution is 0.102. The Labute approximate surface area is 197 Å². The highest BCUT2D eigenvalue weighted by atomic mass is 32.2. The number of nitrogens with zero attached hydrogens (tertiary/aromatic N) is 3. The number of amides is 1. The van der Waals surface area contributed by atoms with Crippen LogP contribution in [0.15, 0.2) is 82.5 Å². The molecule has 8 nitrogen and oxygen atoms in total. The average Bonchev–Trinajstić information content (AvgIpc) is 2.82. The third-order valence-electron chi connectivity index (χ3n) is 5.46. The summed E-state index contributed by atoms with van der Waals surface area (Å²) in [6, 6.07) is 20.8. The molecular weight excluding hydrogens is 452 g/mol. The number of fused-ring (bicyclic) bond motifs is 1. The second kappa shape index (κ2) is 9.20. The van der Waals surface area contributed by atoms with E-state index in [-0.39, 0.29) is 22.7 Å². The van der Waals surface area contributed by atoms with E-state index in [0.717, 1.165) is 9.87 Å². The summed E-state index contributed by atoms with van der Waals surface area (Å²) in [5.41, 5.74) is 1.51. The van der Waals surface area contributed by atoms with Crippen molar-refractivity contribution in [2.24, 2.45) is 0 Å². The van der Waals surface area contributed by atoms with Crippen molar-refractivity contribution >= 4 is 32.4 Å². The lowest BCUT2D eigenvalue weighted by atomic mass is 10.1. The van der Waals surface area contributed by atoms with Gasteiger partial charge >= 0.3 is 0 Å². The molecule has 174 valence electrons. The summed E-state index contributed by atoms with van der Waals surface area (Å²) >= 11 is 0. The Hall–Kier alpha value is -3.82. The topological polar surface area (TPSA) is 101 Å². The Kier molecular flexibility index (Phi) is 6.32. The van der Waals surface area contributed by atoms with Gasteiger partial charge in [0.15, 0.2) is 5.69 Å². The SMILES string of the molecule is Cc1ccc(NC(=O)c2nn(Cc3ccccc3)c(=O)c3ccccc23)cc1S(=O)(=O)N(C)C. The van der Waals surface area contributed by atoms with Gasteiger partial charge < -0.3 is 5.32 Å². The van der Waals surface area contributed by atoms with Crippen LogP contribution < -0.4 is 10.9 Å². The molecule has 34 heavy (non-hydrogen) atoms. The van der Waals surface area contributed by atoms with Gasteiger partial charge in [0.05, 0.1) is 16.8 Å². The molecule has 0 aliphatic carbocycles. The Morgan fingerprint density at radius 1 is 0.971 bits per heavy atom. The number of hydrogen-bond acceptors (Lipinski definition) is 5. The van der Waals surface area contributed by atoms with E-state index in [0.29, 0.717) is 22.0 Å². The third-order valence-corrected chi connectivity index (χ3v) is 7.42. The molecule has 1 amide bonds. The molecule has 0 atom stereocenters. The summed E-state index contributed by atoms with van der Waals surface area (Å²) in [6.45, 7) is 1.90. The number of aromatic nitrogens is 2. The maximum absolute atomic E-state index is 13.3. The highest BCUT2D eigenvalue weighted by Crippen LogP contribution is 2.23. The number of aryl methyl sites for hydroxylation is 1. The minimum Gasteiger partial charge on any atom is -0.321 e. The number of sulfonamides is 1. The first-order valence-corrected chi connectivity index (χ1v) is 12.0. The molecule has 0 unspecified atom stereocenters. The maximum Gasteiger partial charge on any atom is 0.276 e. The molecular formula is C25H24N4O4S. The van der Waals surface area contributed by atoms with Crippen LogP contribution in [0.5, 0.6) is 0 Å². The minimum atomic E-state index is -3.69. The van der Waals surface area contributed by atoms with Gasteiger partial charge in [0.1, 0.15) is 0 Å². The molecule has 1 N–H and O–H groups in total. The van der Waals surface area contributed by atoms with Crippen molar-refractivity contribution < 1.29 is 13.2 Å². The van der Waals surface area contributed by atoms with E-state index >= 15 is 0 Å². The van der Waals surface area contributed by atoms with Crippen molar-refractivity contribution in [1.82, 2.24) is 14.1 Å². The fraction of sp³-hybridized carbons (Fsp3) is 0.160. The zero-order valence-corrected chi connectivity index (χ0v) is 19.8. The highest BCUT2D eigenvalue weighted by Gasteiger charge is 2.22. The largest absolute Gasteiger partial charge is 0.321 e. The summed E-state index contributed by atoms with van der Waals surface area (Å²) in [5.74, 6) is -0.546. The highest BCUT2D eigenvalue weighted by molar-refractivity contribution is 7.89. The van der Waals surface area contributed by atoms with Gasteiger partial charge in [-0.25, -0.2) is 17.4 Å². The molecule has 0 spiro atoms. The van der Waals surface area contributed by atoms with Crippen LogP contribution in [0.3, 0.4) is 0 Å². The van der Waals surface area contributed by atoms with E-state index in [9.17, 15) is 18.0 Å². The molecule has 1 aromatic heterocycles. The molecule has 0 aliphatic rings. The fourth-order valence-corrected chi connectivity index (χ4v) is 4.75. The number of nitrogens with one attached hydrogen (secondary N) is 1. The molecule has 0 aliphatic heterocycles. The molecule has 9 heteroatoms. The minimum absolute atomic E-state index is 0.0729. The third kappa shape index (κ3) is 4.48. The van der Waals surface area contributed by atoms with Crippen molar-refractivity contribution in [3.8, 4) is 0 Å². The predicted molar refractivity (Wildman–Crippen MR) is 132 cm³/mol. The number of benzene rings is 3. The van der Waals surface area contributed by atoms with Gasteiger partial charge in [-0.2, -0.15) is 5.10 Å². The van der Waals surface area contributed by atoms with E-state index < -0.39 is 15.9 Å². The standard InChI is InChI=1S/C25H24N4O4S/c1-17-13-14-19(15-22(17)34(32,33)28(2)3)26-24(30)23-20-11-7-8-12-21(20)25(31)29(27-23)16-18-9-5-4-6-10-18/h4-15H,16H2,1-3H3,(H,26,30). The Balaban J connectivity index is 1.76. The number of rotatable bonds is 6. The summed E-state index contributed by atoms with van der Waals surface area (Å²) in [4.78, 5) is 26.4. The molecule has 4 aromatic rings. The Morgan fingerprint density at radius 3 is 2.29 bits per heavy atom. The summed E-state index contributed by atoms with van der Waals surface area (Å²) in [5, 5.41) is 7.91. The number of anilines is 1. The molecule has 0 saturated carbocycles. The second-order valence-corrected chi connectivity index (χ2v) is 10.2. The maximum atomic E-state index is 13.3. The van der Waals surface area contributed by atoms with Crippen LogP contribution >= 0.6 is 0 Å². The first kappa shape index (κ1) is 23.3. The van der Waals surface area contributed by atoms with Gasteiger partial charge in [0, 0.05) is 25.2 Å². The lowest BCUT2D eigenvalue weighted by Crippen LogP contribution is -2.28. The van der Waals surface area contributed by atoms with Crippen molar-refractivity contribution in [2.75, 3.05) is 19.4 Å². The average molecular weight is 477 g/mol. The predicted octanol–water partition coefficient (Wildman–Crippen LogP) is 3.26. The first-order valence-electron chi connectivity index (χ1n) is 10.6. The quantitative estimate of drug-likeness (QED) is 0.460. The van der Waals surface area contributed by atoms with Crippen molar-refractivity contribution in [3.63, 3.8) is 0 Å². The molecule has 0 radical (unpaired) electrons. The van der Waals surface area contributed by atoms with Gasteiger partial charge in [0.25, 0.3) is 11.5 Å². The monoisotopic (exact) mass is 476 g/mol. The van der Waals surface area contributed by atoms with Crippen LogP contribution in [-0.2, 0) is 16.6 Å². The van der Waals surface area contributed by atoms with Gasteiger partial charge in [-0.15, -0.1) is 0 Å². The summed E-state index contributed by atoms with van der Waals surface area (Å²) in [6.07, 6.45) is 0. The van der Waals surface area contributed by atoms with E-state index in [1.165, 1.54) is 24.8 Å². The van der Waals surface area contributed by atoms with Gasteiger partial charge in [-0.05, 0) is 36.2 Å². The molecule has 4 rings (SSSR count). The van der Waals surface area contributed by atoms with Crippen molar-refractivity contribution in [3.05, 3.63) is 100.0 Å².